The van der Waals surface area contributed by atoms with E-state index in [9.17, 15) is 44.4 Å². The van der Waals surface area contributed by atoms with Gasteiger partial charge in [0.15, 0.2) is 23.4 Å². The van der Waals surface area contributed by atoms with Crippen LogP contribution in [-0.4, -0.2) is 69.6 Å². The highest BCUT2D eigenvalue weighted by Gasteiger charge is 2.60. The first-order chi connectivity index (χ1) is 11.7. The summed E-state index contributed by atoms with van der Waals surface area (Å²) in [5.41, 5.74) is -3.18. The third kappa shape index (κ3) is 3.75. The van der Waals surface area contributed by atoms with Crippen LogP contribution in [0.4, 0.5) is 0 Å². The Labute approximate surface area is 136 Å². The standard InChI is InChI=1S/C11H10O14/c12-1-11(20,7-5(15)6(16)10(19)23-7)4(8(17)24-21-2-13)9(18)25-22-3-14/h2-4,7,12,15-16,20H,1H2/t7-,11+/m0/s1. The van der Waals surface area contributed by atoms with E-state index < -0.39 is 53.7 Å². The number of cyclic esters (lactones) is 1. The van der Waals surface area contributed by atoms with Gasteiger partial charge in [0.1, 0.15) is 0 Å². The number of hydrogen-bond donors (Lipinski definition) is 4. The van der Waals surface area contributed by atoms with Crippen molar-refractivity contribution in [2.75, 3.05) is 6.61 Å². The highest BCUT2D eigenvalue weighted by molar-refractivity contribution is 5.97. The van der Waals surface area contributed by atoms with Crippen LogP contribution in [0.1, 0.15) is 0 Å². The minimum atomic E-state index is -3.18. The lowest BCUT2D eigenvalue weighted by Crippen LogP contribution is -2.58. The van der Waals surface area contributed by atoms with Crippen molar-refractivity contribution >= 4 is 30.9 Å². The van der Waals surface area contributed by atoms with E-state index >= 15 is 0 Å². The fourth-order valence-electron chi connectivity index (χ4n) is 1.85. The summed E-state index contributed by atoms with van der Waals surface area (Å²) in [7, 11) is 0. The van der Waals surface area contributed by atoms with E-state index in [0.717, 1.165) is 0 Å². The van der Waals surface area contributed by atoms with E-state index in [-0.39, 0.29) is 12.9 Å². The zero-order valence-electron chi connectivity index (χ0n) is 11.9. The van der Waals surface area contributed by atoms with Crippen molar-refractivity contribution < 1.29 is 68.7 Å². The van der Waals surface area contributed by atoms with Crippen molar-refractivity contribution in [1.29, 1.82) is 0 Å². The van der Waals surface area contributed by atoms with Gasteiger partial charge in [-0.15, -0.1) is 0 Å². The van der Waals surface area contributed by atoms with Crippen molar-refractivity contribution in [3.63, 3.8) is 0 Å². The fourth-order valence-corrected chi connectivity index (χ4v) is 1.85. The fraction of sp³-hybridized carbons (Fsp3) is 0.364. The molecule has 0 radical (unpaired) electrons. The molecule has 0 amide bonds. The van der Waals surface area contributed by atoms with Crippen LogP contribution in [0.3, 0.4) is 0 Å². The Hall–Kier alpha value is -3.39. The Balaban J connectivity index is 3.29. The molecule has 138 valence electrons. The van der Waals surface area contributed by atoms with Crippen LogP contribution in [0, 0.1) is 5.92 Å². The molecule has 0 aromatic heterocycles. The van der Waals surface area contributed by atoms with Crippen LogP contribution in [0.15, 0.2) is 11.5 Å². The monoisotopic (exact) mass is 366 g/mol. The molecule has 0 aromatic rings. The lowest BCUT2D eigenvalue weighted by atomic mass is 9.82. The summed E-state index contributed by atoms with van der Waals surface area (Å²) in [6.07, 6.45) is -2.33. The van der Waals surface area contributed by atoms with Gasteiger partial charge in [0.2, 0.25) is 5.76 Å². The lowest BCUT2D eigenvalue weighted by Gasteiger charge is -2.33. The molecule has 4 N–H and O–H groups in total. The van der Waals surface area contributed by atoms with Crippen molar-refractivity contribution in [3.05, 3.63) is 11.5 Å². The number of carbonyl (C=O) groups excluding carboxylic acids is 5. The molecule has 1 aliphatic rings. The van der Waals surface area contributed by atoms with Gasteiger partial charge in [0.25, 0.3) is 0 Å². The van der Waals surface area contributed by atoms with Gasteiger partial charge >= 0.3 is 30.9 Å². The first-order valence-electron chi connectivity index (χ1n) is 6.02. The number of esters is 1. The van der Waals surface area contributed by atoms with Crippen LogP contribution < -0.4 is 0 Å². The van der Waals surface area contributed by atoms with E-state index in [0.29, 0.717) is 0 Å². The van der Waals surface area contributed by atoms with Gasteiger partial charge in [-0.3, -0.25) is 19.4 Å². The normalized spacial score (nSPS) is 18.8. The SMILES string of the molecule is O=COOC(=O)C(C(=O)OOC=O)[C@](O)(CO)[C@H]1OC(=O)C(O)=C1O. The second-order valence-electron chi connectivity index (χ2n) is 4.29. The molecule has 2 atom stereocenters. The van der Waals surface area contributed by atoms with Gasteiger partial charge in [0.05, 0.1) is 6.61 Å². The molecule has 25 heavy (non-hydrogen) atoms. The van der Waals surface area contributed by atoms with Crippen LogP contribution in [0.25, 0.3) is 0 Å². The summed E-state index contributed by atoms with van der Waals surface area (Å²) in [4.78, 5) is 69.8. The van der Waals surface area contributed by atoms with Crippen molar-refractivity contribution in [2.45, 2.75) is 11.7 Å². The summed E-state index contributed by atoms with van der Waals surface area (Å²) < 4.78 is 4.37. The van der Waals surface area contributed by atoms with Gasteiger partial charge in [0, 0.05) is 0 Å². The molecule has 0 aliphatic carbocycles. The molecule has 0 spiro atoms. The van der Waals surface area contributed by atoms with Gasteiger partial charge < -0.3 is 25.2 Å². The van der Waals surface area contributed by atoms with Crippen molar-refractivity contribution in [3.8, 4) is 0 Å². The van der Waals surface area contributed by atoms with Gasteiger partial charge in [-0.2, -0.15) is 0 Å². The van der Waals surface area contributed by atoms with Gasteiger partial charge in [-0.25, -0.2) is 24.2 Å². The minimum absolute atomic E-state index is 0.390. The molecule has 0 saturated carbocycles. The molecule has 1 rings (SSSR count). The maximum Gasteiger partial charge on any atom is 0.378 e. The average molecular weight is 366 g/mol. The number of carbonyl (C=O) groups is 5. The number of rotatable bonds is 9. The lowest BCUT2D eigenvalue weighted by molar-refractivity contribution is -0.276. The van der Waals surface area contributed by atoms with E-state index in [1.807, 2.05) is 0 Å². The minimum Gasteiger partial charge on any atom is -0.505 e. The van der Waals surface area contributed by atoms with Crippen LogP contribution in [0.5, 0.6) is 0 Å². The van der Waals surface area contributed by atoms with Crippen LogP contribution in [-0.2, 0) is 48.3 Å². The summed E-state index contributed by atoms with van der Waals surface area (Å²) in [6, 6.07) is 0. The molecule has 0 bridgehead atoms. The highest BCUT2D eigenvalue weighted by atomic mass is 17.2. The molecule has 0 unspecified atom stereocenters. The second kappa shape index (κ2) is 7.93. The Kier molecular flexibility index (Phi) is 6.24. The van der Waals surface area contributed by atoms with Crippen molar-refractivity contribution in [2.24, 2.45) is 5.92 Å². The molecule has 14 nitrogen and oxygen atoms in total. The van der Waals surface area contributed by atoms with Crippen LogP contribution >= 0.6 is 0 Å². The van der Waals surface area contributed by atoms with E-state index in [2.05, 4.69) is 24.3 Å². The summed E-state index contributed by atoms with van der Waals surface area (Å²) in [5, 5.41) is 38.6. The van der Waals surface area contributed by atoms with E-state index in [1.165, 1.54) is 0 Å². The largest absolute Gasteiger partial charge is 0.505 e. The average Bonchev–Trinajstić information content (AvgIpc) is 2.85. The Bertz CT molecular complexity index is 584. The summed E-state index contributed by atoms with van der Waals surface area (Å²) in [6.45, 7) is -2.34. The molecule has 0 saturated heterocycles. The topological polar surface area (TPSA) is 212 Å². The Morgan fingerprint density at radius 3 is 1.96 bits per heavy atom. The molecule has 0 fully saturated rings. The highest BCUT2D eigenvalue weighted by Crippen LogP contribution is 2.34. The predicted octanol–water partition coefficient (Wildman–Crippen LogP) is -3.16. The molecule has 0 aromatic carbocycles. The number of aliphatic hydroxyl groups is 4. The van der Waals surface area contributed by atoms with Gasteiger partial charge in [-0.05, 0) is 0 Å². The molecule has 14 heteroatoms. The van der Waals surface area contributed by atoms with Crippen LogP contribution in [0.2, 0.25) is 0 Å². The second-order valence-corrected chi connectivity index (χ2v) is 4.29. The summed E-state index contributed by atoms with van der Waals surface area (Å²) in [5.74, 6) is -10.7. The maximum absolute atomic E-state index is 11.8. The molecular weight excluding hydrogens is 356 g/mol. The Morgan fingerprint density at radius 2 is 1.64 bits per heavy atom. The summed E-state index contributed by atoms with van der Waals surface area (Å²) >= 11 is 0. The number of ether oxygens (including phenoxy) is 1. The number of aliphatic hydroxyl groups excluding tert-OH is 3. The van der Waals surface area contributed by atoms with E-state index in [1.54, 1.807) is 0 Å². The molecular formula is C11H10O14. The molecule has 1 heterocycles. The zero-order valence-corrected chi connectivity index (χ0v) is 11.9. The van der Waals surface area contributed by atoms with E-state index in [4.69, 9.17) is 0 Å². The first-order valence-corrected chi connectivity index (χ1v) is 6.02. The smallest absolute Gasteiger partial charge is 0.378 e. The van der Waals surface area contributed by atoms with Gasteiger partial charge in [-0.1, -0.05) is 0 Å². The first kappa shape index (κ1) is 19.7. The quantitative estimate of drug-likeness (QED) is 0.104. The maximum atomic E-state index is 11.8. The third-order valence-corrected chi connectivity index (χ3v) is 2.93. The number of hydrogen-bond acceptors (Lipinski definition) is 14. The molecule has 1 aliphatic heterocycles. The zero-order chi connectivity index (χ0) is 19.2. The Morgan fingerprint density at radius 1 is 1.16 bits per heavy atom. The third-order valence-electron chi connectivity index (χ3n) is 2.93. The predicted molar refractivity (Wildman–Crippen MR) is 64.2 cm³/mol. The van der Waals surface area contributed by atoms with Crippen molar-refractivity contribution in [1.82, 2.24) is 0 Å².